The van der Waals surface area contributed by atoms with Crippen molar-refractivity contribution in [3.63, 3.8) is 0 Å². The van der Waals surface area contributed by atoms with Gasteiger partial charge >= 0.3 is 0 Å². The van der Waals surface area contributed by atoms with Crippen molar-refractivity contribution in [2.24, 2.45) is 5.73 Å². The van der Waals surface area contributed by atoms with E-state index in [2.05, 4.69) is 23.6 Å². The van der Waals surface area contributed by atoms with Crippen molar-refractivity contribution in [1.82, 2.24) is 4.57 Å². The highest BCUT2D eigenvalue weighted by Gasteiger charge is 2.20. The van der Waals surface area contributed by atoms with Gasteiger partial charge in [0.1, 0.15) is 0 Å². The van der Waals surface area contributed by atoms with Crippen molar-refractivity contribution in [2.45, 2.75) is 30.5 Å². The van der Waals surface area contributed by atoms with Crippen LogP contribution < -0.4 is 5.73 Å². The van der Waals surface area contributed by atoms with E-state index in [0.29, 0.717) is 17.0 Å². The van der Waals surface area contributed by atoms with Crippen molar-refractivity contribution < 1.29 is 13.2 Å². The molecular weight excluding hydrogens is 456 g/mol. The molecule has 1 amide bonds. The summed E-state index contributed by atoms with van der Waals surface area (Å²) in [6, 6.07) is 28.0. The molecule has 0 atom stereocenters. The van der Waals surface area contributed by atoms with Gasteiger partial charge in [-0.05, 0) is 53.4 Å². The molecule has 0 bridgehead atoms. The zero-order valence-corrected chi connectivity index (χ0v) is 20.3. The van der Waals surface area contributed by atoms with E-state index in [0.717, 1.165) is 39.4 Å². The second-order valence-corrected chi connectivity index (χ2v) is 10.7. The molecule has 1 heterocycles. The van der Waals surface area contributed by atoms with E-state index >= 15 is 0 Å². The van der Waals surface area contributed by atoms with Gasteiger partial charge in [0.25, 0.3) is 0 Å². The molecule has 0 spiro atoms. The largest absolute Gasteiger partial charge is 0.366 e. The SMILES string of the molecule is CCc1ccc2c3c(C(N)=O)cccc3n(Cc3ccccc3CS(=O)(=O)c3ccccc3)c2c1. The third-order valence-electron chi connectivity index (χ3n) is 6.52. The Morgan fingerprint density at radius 1 is 0.829 bits per heavy atom. The van der Waals surface area contributed by atoms with Gasteiger partial charge in [-0.3, -0.25) is 4.79 Å². The maximum atomic E-state index is 13.1. The number of primary amides is 1. The Morgan fingerprint density at radius 3 is 2.26 bits per heavy atom. The van der Waals surface area contributed by atoms with E-state index in [-0.39, 0.29) is 5.75 Å². The van der Waals surface area contributed by atoms with Gasteiger partial charge in [-0.2, -0.15) is 0 Å². The Hall–Kier alpha value is -3.90. The highest BCUT2D eigenvalue weighted by atomic mass is 32.2. The molecule has 0 unspecified atom stereocenters. The fraction of sp³-hybridized carbons (Fsp3) is 0.138. The molecule has 6 heteroatoms. The molecule has 5 nitrogen and oxygen atoms in total. The lowest BCUT2D eigenvalue weighted by Crippen LogP contribution is -2.11. The summed E-state index contributed by atoms with van der Waals surface area (Å²) in [4.78, 5) is 12.6. The third-order valence-corrected chi connectivity index (χ3v) is 8.21. The normalized spacial score (nSPS) is 11.8. The molecule has 2 N–H and O–H groups in total. The number of rotatable bonds is 7. The van der Waals surface area contributed by atoms with Crippen LogP contribution in [0.5, 0.6) is 0 Å². The first-order chi connectivity index (χ1) is 16.9. The Bertz CT molecular complexity index is 1670. The number of hydrogen-bond acceptors (Lipinski definition) is 3. The molecule has 0 fully saturated rings. The van der Waals surface area contributed by atoms with Crippen molar-refractivity contribution >= 4 is 37.6 Å². The molecule has 1 aromatic heterocycles. The topological polar surface area (TPSA) is 82.2 Å². The van der Waals surface area contributed by atoms with Crippen LogP contribution in [0.4, 0.5) is 0 Å². The van der Waals surface area contributed by atoms with Gasteiger partial charge in [0.05, 0.1) is 16.2 Å². The minimum atomic E-state index is -3.50. The molecule has 0 radical (unpaired) electrons. The highest BCUT2D eigenvalue weighted by Crippen LogP contribution is 2.33. The number of nitrogens with two attached hydrogens (primary N) is 1. The maximum Gasteiger partial charge on any atom is 0.249 e. The molecule has 4 aromatic carbocycles. The number of carbonyl (C=O) groups excluding carboxylic acids is 1. The molecule has 0 aliphatic rings. The van der Waals surface area contributed by atoms with Crippen LogP contribution in [0.3, 0.4) is 0 Å². The Balaban J connectivity index is 1.67. The lowest BCUT2D eigenvalue weighted by Gasteiger charge is -2.14. The Kier molecular flexibility index (Phi) is 5.91. The zero-order chi connectivity index (χ0) is 24.6. The molecule has 0 saturated carbocycles. The lowest BCUT2D eigenvalue weighted by atomic mass is 10.0. The Labute approximate surface area is 204 Å². The van der Waals surface area contributed by atoms with Crippen molar-refractivity contribution in [3.8, 4) is 0 Å². The second kappa shape index (κ2) is 9.04. The van der Waals surface area contributed by atoms with Crippen LogP contribution in [-0.4, -0.2) is 18.9 Å². The molecule has 176 valence electrons. The predicted octanol–water partition coefficient (Wildman–Crippen LogP) is 5.48. The van der Waals surface area contributed by atoms with Gasteiger partial charge in [-0.25, -0.2) is 8.42 Å². The van der Waals surface area contributed by atoms with Gasteiger partial charge < -0.3 is 10.3 Å². The number of sulfone groups is 1. The summed E-state index contributed by atoms with van der Waals surface area (Å²) in [5.41, 5.74) is 10.9. The van der Waals surface area contributed by atoms with E-state index in [9.17, 15) is 13.2 Å². The van der Waals surface area contributed by atoms with Crippen LogP contribution in [0, 0.1) is 0 Å². The summed E-state index contributed by atoms with van der Waals surface area (Å²) in [5.74, 6) is -0.555. The average Bonchev–Trinajstić information content (AvgIpc) is 3.18. The van der Waals surface area contributed by atoms with Crippen LogP contribution in [0.25, 0.3) is 21.8 Å². The van der Waals surface area contributed by atoms with Gasteiger partial charge in [0.15, 0.2) is 9.84 Å². The van der Waals surface area contributed by atoms with Crippen LogP contribution >= 0.6 is 0 Å². The number of aromatic nitrogens is 1. The fourth-order valence-corrected chi connectivity index (χ4v) is 6.15. The number of amides is 1. The van der Waals surface area contributed by atoms with E-state index in [4.69, 9.17) is 5.73 Å². The third kappa shape index (κ3) is 4.21. The number of benzene rings is 4. The molecule has 5 rings (SSSR count). The van der Waals surface area contributed by atoms with E-state index in [1.54, 1.807) is 36.4 Å². The minimum absolute atomic E-state index is 0.0862. The van der Waals surface area contributed by atoms with Gasteiger partial charge in [0.2, 0.25) is 5.91 Å². The molecular formula is C29H26N2O3S. The number of nitrogens with zero attached hydrogens (tertiary/aromatic N) is 1. The van der Waals surface area contributed by atoms with Crippen LogP contribution in [0.2, 0.25) is 0 Å². The number of hydrogen-bond donors (Lipinski definition) is 1. The molecule has 35 heavy (non-hydrogen) atoms. The molecule has 0 aliphatic carbocycles. The monoisotopic (exact) mass is 482 g/mol. The number of aryl methyl sites for hydroxylation is 1. The summed E-state index contributed by atoms with van der Waals surface area (Å²) in [6.45, 7) is 2.57. The maximum absolute atomic E-state index is 13.1. The summed E-state index contributed by atoms with van der Waals surface area (Å²) in [7, 11) is -3.50. The standard InChI is InChI=1S/C29H26N2O3S/c1-2-20-15-16-24-27(17-20)31(26-14-8-13-25(28(24)26)29(30)32)18-21-9-6-7-10-22(21)19-35(33,34)23-11-4-3-5-12-23/h3-17H,2,18-19H2,1H3,(H2,30,32). The number of carbonyl (C=O) groups is 1. The molecule has 5 aromatic rings. The smallest absolute Gasteiger partial charge is 0.249 e. The molecule has 0 saturated heterocycles. The Morgan fingerprint density at radius 2 is 1.54 bits per heavy atom. The first kappa shape index (κ1) is 22.9. The van der Waals surface area contributed by atoms with Gasteiger partial charge in [-0.15, -0.1) is 0 Å². The average molecular weight is 483 g/mol. The summed E-state index contributed by atoms with van der Waals surface area (Å²) >= 11 is 0. The zero-order valence-electron chi connectivity index (χ0n) is 19.4. The highest BCUT2D eigenvalue weighted by molar-refractivity contribution is 7.90. The second-order valence-electron chi connectivity index (χ2n) is 8.70. The number of fused-ring (bicyclic) bond motifs is 3. The van der Waals surface area contributed by atoms with Crippen molar-refractivity contribution in [2.75, 3.05) is 0 Å². The van der Waals surface area contributed by atoms with Crippen LogP contribution in [-0.2, 0) is 28.6 Å². The fourth-order valence-electron chi connectivity index (χ4n) is 4.72. The summed E-state index contributed by atoms with van der Waals surface area (Å²) in [6.07, 6.45) is 0.881. The minimum Gasteiger partial charge on any atom is -0.366 e. The predicted molar refractivity (Wildman–Crippen MR) is 140 cm³/mol. The summed E-state index contributed by atoms with van der Waals surface area (Å²) < 4.78 is 28.4. The molecule has 0 aliphatic heterocycles. The van der Waals surface area contributed by atoms with Crippen molar-refractivity contribution in [1.29, 1.82) is 0 Å². The summed E-state index contributed by atoms with van der Waals surface area (Å²) in [5, 5.41) is 1.79. The van der Waals surface area contributed by atoms with Gasteiger partial charge in [-0.1, -0.05) is 67.6 Å². The van der Waals surface area contributed by atoms with E-state index in [1.807, 2.05) is 42.5 Å². The van der Waals surface area contributed by atoms with Gasteiger partial charge in [0, 0.05) is 28.4 Å². The first-order valence-corrected chi connectivity index (χ1v) is 13.2. The van der Waals surface area contributed by atoms with Crippen LogP contribution in [0.1, 0.15) is 34.0 Å². The van der Waals surface area contributed by atoms with Crippen LogP contribution in [0.15, 0.2) is 95.9 Å². The first-order valence-electron chi connectivity index (χ1n) is 11.6. The quantitative estimate of drug-likeness (QED) is 0.334. The van der Waals surface area contributed by atoms with E-state index < -0.39 is 15.7 Å². The van der Waals surface area contributed by atoms with Crippen molar-refractivity contribution in [3.05, 3.63) is 113 Å². The lowest BCUT2D eigenvalue weighted by molar-refractivity contribution is 0.100. The van der Waals surface area contributed by atoms with E-state index in [1.165, 1.54) is 5.56 Å².